The van der Waals surface area contributed by atoms with Crippen LogP contribution in [0.5, 0.6) is 0 Å². The first-order valence-electron chi connectivity index (χ1n) is 17.2. The van der Waals surface area contributed by atoms with Gasteiger partial charge in [0.25, 0.3) is 5.91 Å². The quantitative estimate of drug-likeness (QED) is 0.379. The smallest absolute Gasteiger partial charge is 0.410 e. The van der Waals surface area contributed by atoms with Gasteiger partial charge in [0, 0.05) is 51.4 Å². The lowest BCUT2D eigenvalue weighted by Crippen LogP contribution is -2.59. The molecule has 1 aromatic carbocycles. The highest BCUT2D eigenvalue weighted by Gasteiger charge is 2.62. The van der Waals surface area contributed by atoms with E-state index in [0.29, 0.717) is 11.1 Å². The van der Waals surface area contributed by atoms with Crippen LogP contribution in [0.3, 0.4) is 0 Å². The van der Waals surface area contributed by atoms with Crippen LogP contribution in [0.15, 0.2) is 30.4 Å². The zero-order valence-electron chi connectivity index (χ0n) is 30.1. The maximum Gasteiger partial charge on any atom is 0.410 e. The minimum atomic E-state index is -4.31. The lowest BCUT2D eigenvalue weighted by Gasteiger charge is -2.31. The summed E-state index contributed by atoms with van der Waals surface area (Å²) in [7, 11) is -1.93. The van der Waals surface area contributed by atoms with Crippen molar-refractivity contribution in [3.63, 3.8) is 0 Å². The summed E-state index contributed by atoms with van der Waals surface area (Å²) >= 11 is 0. The number of halogens is 3. The fourth-order valence-corrected chi connectivity index (χ4v) is 7.23. The third kappa shape index (κ3) is 9.23. The Morgan fingerprint density at radius 1 is 1.09 bits per heavy atom. The van der Waals surface area contributed by atoms with E-state index in [1.54, 1.807) is 26.8 Å². The fourth-order valence-electron chi connectivity index (χ4n) is 6.63. The number of hydrogen-bond acceptors (Lipinski definition) is 9. The number of fused-ring (bicyclic) bond motifs is 3. The molecule has 0 bridgehead atoms. The largest absolute Gasteiger partial charge is 0.444 e. The van der Waals surface area contributed by atoms with E-state index in [9.17, 15) is 36.8 Å². The standard InChI is InChI=1S/C34H45F3N6O9S/c1-32(2,3)52-30(47)38-25-12-14-33(36,37)13-7-6-10-21-16-34(21,29(46)40-53(49,50)41(4)5)39-27(44)26-15-22(18-43(26)28(25)45)51-31(48)42-17-20-9-8-11-24(35)23(20)19-42/h6,8-11,21-22,25-26H,7,12-19H2,1-5H3,(H,38,47)(H,39,44)(H,40,46)/b10-6-/t21-,22+,25-,26-,34+/m0/s1. The molecule has 53 heavy (non-hydrogen) atoms. The molecule has 0 spiro atoms. The number of alkyl carbamates (subject to hydrolysis) is 1. The van der Waals surface area contributed by atoms with E-state index in [0.717, 1.165) is 9.21 Å². The van der Waals surface area contributed by atoms with Gasteiger partial charge in [-0.3, -0.25) is 19.3 Å². The molecule has 4 aliphatic rings. The molecule has 0 aromatic heterocycles. The summed E-state index contributed by atoms with van der Waals surface area (Å²) in [4.78, 5) is 70.2. The number of carbonyl (C=O) groups excluding carboxylic acids is 5. The first-order valence-corrected chi connectivity index (χ1v) is 18.7. The van der Waals surface area contributed by atoms with E-state index in [4.69, 9.17) is 9.47 Å². The second-order valence-corrected chi connectivity index (χ2v) is 16.9. The van der Waals surface area contributed by atoms with Crippen LogP contribution in [0, 0.1) is 11.7 Å². The van der Waals surface area contributed by atoms with Gasteiger partial charge >= 0.3 is 22.4 Å². The maximum atomic E-state index is 15.2. The molecule has 1 aliphatic carbocycles. The van der Waals surface area contributed by atoms with Gasteiger partial charge in [-0.2, -0.15) is 12.7 Å². The zero-order valence-corrected chi connectivity index (χ0v) is 30.9. The summed E-state index contributed by atoms with van der Waals surface area (Å²) in [5, 5.41) is 4.97. The van der Waals surface area contributed by atoms with Crippen LogP contribution in [0.4, 0.5) is 22.8 Å². The summed E-state index contributed by atoms with van der Waals surface area (Å²) in [6.45, 7) is 4.27. The Kier molecular flexibility index (Phi) is 11.1. The van der Waals surface area contributed by atoms with Gasteiger partial charge in [0.2, 0.25) is 17.7 Å². The molecule has 1 saturated heterocycles. The Morgan fingerprint density at radius 3 is 2.47 bits per heavy atom. The van der Waals surface area contributed by atoms with Crippen LogP contribution >= 0.6 is 0 Å². The molecule has 1 saturated carbocycles. The molecule has 5 atom stereocenters. The molecule has 0 unspecified atom stereocenters. The monoisotopic (exact) mass is 770 g/mol. The Morgan fingerprint density at radius 2 is 1.81 bits per heavy atom. The number of ether oxygens (including phenoxy) is 2. The average molecular weight is 771 g/mol. The Bertz CT molecular complexity index is 1790. The topological polar surface area (TPSA) is 184 Å². The summed E-state index contributed by atoms with van der Waals surface area (Å²) in [5.41, 5.74) is -1.93. The minimum absolute atomic E-state index is 0.0453. The van der Waals surface area contributed by atoms with E-state index in [1.807, 2.05) is 4.72 Å². The average Bonchev–Trinajstić information content (AvgIpc) is 3.35. The van der Waals surface area contributed by atoms with E-state index in [-0.39, 0.29) is 32.4 Å². The molecule has 0 radical (unpaired) electrons. The third-order valence-corrected chi connectivity index (χ3v) is 11.0. The molecule has 3 heterocycles. The minimum Gasteiger partial charge on any atom is -0.444 e. The first-order chi connectivity index (χ1) is 24.6. The van der Waals surface area contributed by atoms with Gasteiger partial charge < -0.3 is 25.0 Å². The molecular formula is C34H45F3N6O9S. The predicted molar refractivity (Wildman–Crippen MR) is 181 cm³/mol. The van der Waals surface area contributed by atoms with Crippen LogP contribution in [0.25, 0.3) is 0 Å². The van der Waals surface area contributed by atoms with Crippen LogP contribution < -0.4 is 15.4 Å². The second kappa shape index (κ2) is 14.8. The van der Waals surface area contributed by atoms with Crippen molar-refractivity contribution >= 4 is 40.1 Å². The van der Waals surface area contributed by atoms with E-state index >= 15 is 8.78 Å². The van der Waals surface area contributed by atoms with E-state index in [1.165, 1.54) is 43.3 Å². The lowest BCUT2D eigenvalue weighted by atomic mass is 10.0. The summed E-state index contributed by atoms with van der Waals surface area (Å²) in [6.07, 6.45) is -2.70. The number of hydrogen-bond donors (Lipinski definition) is 3. The highest BCUT2D eigenvalue weighted by atomic mass is 32.2. The van der Waals surface area contributed by atoms with Crippen molar-refractivity contribution in [3.05, 3.63) is 47.3 Å². The van der Waals surface area contributed by atoms with Gasteiger partial charge in [-0.1, -0.05) is 24.3 Å². The summed E-state index contributed by atoms with van der Waals surface area (Å²) < 4.78 is 83.5. The van der Waals surface area contributed by atoms with Gasteiger partial charge in [0.1, 0.15) is 35.1 Å². The molecule has 292 valence electrons. The van der Waals surface area contributed by atoms with Crippen LogP contribution in [-0.2, 0) is 47.2 Å². The number of benzene rings is 1. The van der Waals surface area contributed by atoms with Gasteiger partial charge in [0.05, 0.1) is 13.1 Å². The third-order valence-electron chi connectivity index (χ3n) is 9.60. The van der Waals surface area contributed by atoms with Gasteiger partial charge in [-0.25, -0.2) is 27.5 Å². The number of alkyl halides is 2. The lowest BCUT2D eigenvalue weighted by molar-refractivity contribution is -0.141. The molecule has 3 aliphatic heterocycles. The zero-order chi connectivity index (χ0) is 39.1. The van der Waals surface area contributed by atoms with Crippen LogP contribution in [0.2, 0.25) is 0 Å². The van der Waals surface area contributed by atoms with Crippen molar-refractivity contribution in [2.24, 2.45) is 5.92 Å². The molecule has 5 amide bonds. The van der Waals surface area contributed by atoms with Crippen molar-refractivity contribution in [2.45, 2.75) is 108 Å². The van der Waals surface area contributed by atoms with Crippen molar-refractivity contribution in [3.8, 4) is 0 Å². The fraction of sp³-hybridized carbons (Fsp3) is 0.618. The van der Waals surface area contributed by atoms with Gasteiger partial charge in [0.15, 0.2) is 0 Å². The molecule has 19 heteroatoms. The number of rotatable bonds is 5. The Labute approximate surface area is 305 Å². The van der Waals surface area contributed by atoms with Crippen LogP contribution in [0.1, 0.15) is 70.4 Å². The first kappa shape index (κ1) is 39.8. The van der Waals surface area contributed by atoms with Crippen molar-refractivity contribution in [2.75, 3.05) is 20.6 Å². The molecule has 5 rings (SSSR count). The Balaban J connectivity index is 1.45. The summed E-state index contributed by atoms with van der Waals surface area (Å²) in [5.74, 6) is -7.49. The normalized spacial score (nSPS) is 28.0. The molecule has 3 N–H and O–H groups in total. The molecule has 1 aromatic rings. The van der Waals surface area contributed by atoms with E-state index in [2.05, 4.69) is 10.6 Å². The number of carbonyl (C=O) groups is 5. The van der Waals surface area contributed by atoms with Gasteiger partial charge in [-0.05, 0) is 51.7 Å². The number of allylic oxidation sites excluding steroid dienone is 1. The number of nitrogens with one attached hydrogen (secondary N) is 3. The van der Waals surface area contributed by atoms with Crippen LogP contribution in [-0.4, -0.2) is 108 Å². The van der Waals surface area contributed by atoms with Crippen molar-refractivity contribution < 1.29 is 55.0 Å². The van der Waals surface area contributed by atoms with Gasteiger partial charge in [-0.15, -0.1) is 0 Å². The van der Waals surface area contributed by atoms with Crippen molar-refractivity contribution in [1.82, 2.24) is 29.5 Å². The SMILES string of the molecule is CN(C)S(=O)(=O)NC(=O)[C@@]12C[C@@H]1/C=C\CCC(F)(F)CC[C@H](NC(=O)OC(C)(C)C)C(=O)N1C[C@H](OC(=O)N3Cc4cccc(F)c4C3)C[C@H]1C(=O)N2. The van der Waals surface area contributed by atoms with E-state index < -0.39 is 113 Å². The molecule has 15 nitrogen and oxygen atoms in total. The predicted octanol–water partition coefficient (Wildman–Crippen LogP) is 2.70. The highest BCUT2D eigenvalue weighted by Crippen LogP contribution is 2.46. The highest BCUT2D eigenvalue weighted by molar-refractivity contribution is 7.87. The number of nitrogens with zero attached hydrogens (tertiary/aromatic N) is 3. The second-order valence-electron chi connectivity index (χ2n) is 15.0. The maximum absolute atomic E-state index is 15.2. The summed E-state index contributed by atoms with van der Waals surface area (Å²) in [6, 6.07) is 1.38. The molecular weight excluding hydrogens is 725 g/mol. The van der Waals surface area contributed by atoms with Crippen molar-refractivity contribution in [1.29, 1.82) is 0 Å². The molecule has 2 fully saturated rings. The number of amides is 5. The Hall–Kier alpha value is -4.39.